The summed E-state index contributed by atoms with van der Waals surface area (Å²) in [6.07, 6.45) is 2.46. The molecule has 0 aliphatic rings. The van der Waals surface area contributed by atoms with Gasteiger partial charge in [0.25, 0.3) is 5.91 Å². The summed E-state index contributed by atoms with van der Waals surface area (Å²) in [6.45, 7) is 1.45. The fourth-order valence-electron chi connectivity index (χ4n) is 2.23. The molecule has 27 heavy (non-hydrogen) atoms. The Kier molecular flexibility index (Phi) is 5.16. The molecule has 8 heteroatoms. The molecule has 3 aromatic rings. The lowest BCUT2D eigenvalue weighted by Gasteiger charge is -2.08. The standard InChI is InChI=1S/C19H14F2N4O2/c1-11(26)12-5-7-14(8-6-12)24-18(27)13-9-22-19(23-10-13)25-17-15(20)3-2-4-16(17)21/h2-10H,1H3,(H,24,27)(H,22,23,25). The van der Waals surface area contributed by atoms with Crippen molar-refractivity contribution in [2.75, 3.05) is 10.6 Å². The molecule has 2 N–H and O–H groups in total. The van der Waals surface area contributed by atoms with Crippen LogP contribution in [0.1, 0.15) is 27.6 Å². The van der Waals surface area contributed by atoms with Crippen molar-refractivity contribution < 1.29 is 18.4 Å². The average molecular weight is 368 g/mol. The number of carbonyl (C=O) groups excluding carboxylic acids is 2. The molecule has 0 aliphatic carbocycles. The number of carbonyl (C=O) groups is 2. The van der Waals surface area contributed by atoms with E-state index in [1.807, 2.05) is 0 Å². The van der Waals surface area contributed by atoms with Crippen LogP contribution in [-0.2, 0) is 0 Å². The van der Waals surface area contributed by atoms with Gasteiger partial charge in [-0.15, -0.1) is 0 Å². The minimum Gasteiger partial charge on any atom is -0.322 e. The van der Waals surface area contributed by atoms with Gasteiger partial charge in [-0.2, -0.15) is 0 Å². The van der Waals surface area contributed by atoms with E-state index in [1.165, 1.54) is 25.4 Å². The molecule has 136 valence electrons. The number of ketones is 1. The van der Waals surface area contributed by atoms with Gasteiger partial charge in [0.05, 0.1) is 5.56 Å². The summed E-state index contributed by atoms with van der Waals surface area (Å²) in [5.74, 6) is -2.16. The lowest BCUT2D eigenvalue weighted by Crippen LogP contribution is -2.13. The highest BCUT2D eigenvalue weighted by Crippen LogP contribution is 2.21. The van der Waals surface area contributed by atoms with Gasteiger partial charge < -0.3 is 10.6 Å². The predicted octanol–water partition coefficient (Wildman–Crippen LogP) is 3.95. The van der Waals surface area contributed by atoms with Crippen molar-refractivity contribution in [1.29, 1.82) is 0 Å². The molecule has 1 aromatic heterocycles. The molecule has 0 saturated heterocycles. The van der Waals surface area contributed by atoms with E-state index < -0.39 is 17.5 Å². The number of para-hydroxylation sites is 1. The number of halogens is 2. The summed E-state index contributed by atoms with van der Waals surface area (Å²) in [7, 11) is 0. The van der Waals surface area contributed by atoms with Crippen LogP contribution in [0.4, 0.5) is 26.1 Å². The first-order chi connectivity index (χ1) is 12.9. The molecule has 3 rings (SSSR count). The molecule has 0 bridgehead atoms. The van der Waals surface area contributed by atoms with E-state index in [2.05, 4.69) is 20.6 Å². The second kappa shape index (κ2) is 7.69. The first kappa shape index (κ1) is 18.1. The fraction of sp³-hybridized carbons (Fsp3) is 0.0526. The molecule has 1 heterocycles. The van der Waals surface area contributed by atoms with Gasteiger partial charge >= 0.3 is 0 Å². The summed E-state index contributed by atoms with van der Waals surface area (Å²) < 4.78 is 27.2. The molecule has 0 atom stereocenters. The van der Waals surface area contributed by atoms with Crippen molar-refractivity contribution in [2.45, 2.75) is 6.92 Å². The number of hydrogen-bond donors (Lipinski definition) is 2. The van der Waals surface area contributed by atoms with Crippen LogP contribution in [0.15, 0.2) is 54.9 Å². The van der Waals surface area contributed by atoms with Crippen molar-refractivity contribution in [2.24, 2.45) is 0 Å². The fourth-order valence-corrected chi connectivity index (χ4v) is 2.23. The van der Waals surface area contributed by atoms with Gasteiger partial charge in [-0.1, -0.05) is 6.07 Å². The largest absolute Gasteiger partial charge is 0.322 e. The first-order valence-electron chi connectivity index (χ1n) is 7.89. The van der Waals surface area contributed by atoms with Gasteiger partial charge in [0.2, 0.25) is 5.95 Å². The van der Waals surface area contributed by atoms with Crippen molar-refractivity contribution >= 4 is 29.0 Å². The van der Waals surface area contributed by atoms with Gasteiger partial charge in [-0.25, -0.2) is 18.7 Å². The third-order valence-electron chi connectivity index (χ3n) is 3.66. The number of nitrogens with zero attached hydrogens (tertiary/aromatic N) is 2. The second-order valence-corrected chi connectivity index (χ2v) is 5.60. The maximum atomic E-state index is 13.6. The number of Topliss-reactive ketones (excluding diaryl/α,β-unsaturated/α-hetero) is 1. The number of nitrogens with one attached hydrogen (secondary N) is 2. The van der Waals surface area contributed by atoms with E-state index in [1.54, 1.807) is 24.3 Å². The topological polar surface area (TPSA) is 84.0 Å². The number of hydrogen-bond acceptors (Lipinski definition) is 5. The molecule has 0 fully saturated rings. The summed E-state index contributed by atoms with van der Waals surface area (Å²) in [6, 6.07) is 9.86. The zero-order valence-corrected chi connectivity index (χ0v) is 14.2. The summed E-state index contributed by atoms with van der Waals surface area (Å²) in [5, 5.41) is 5.08. The van der Waals surface area contributed by atoms with E-state index in [0.717, 1.165) is 12.1 Å². The van der Waals surface area contributed by atoms with Crippen molar-refractivity contribution in [1.82, 2.24) is 9.97 Å². The molecule has 0 spiro atoms. The Morgan fingerprint density at radius 3 is 2.04 bits per heavy atom. The number of amides is 1. The Balaban J connectivity index is 1.69. The maximum Gasteiger partial charge on any atom is 0.258 e. The van der Waals surface area contributed by atoms with Crippen molar-refractivity contribution in [3.05, 3.63) is 77.6 Å². The van der Waals surface area contributed by atoms with Crippen molar-refractivity contribution in [3.63, 3.8) is 0 Å². The minimum absolute atomic E-state index is 0.0543. The molecule has 0 unspecified atom stereocenters. The zero-order chi connectivity index (χ0) is 19.4. The van der Waals surface area contributed by atoms with Crippen LogP contribution < -0.4 is 10.6 Å². The normalized spacial score (nSPS) is 10.3. The Bertz CT molecular complexity index is 969. The minimum atomic E-state index is -0.783. The molecule has 0 saturated carbocycles. The van der Waals surface area contributed by atoms with E-state index in [4.69, 9.17) is 0 Å². The molecule has 2 aromatic carbocycles. The first-order valence-corrected chi connectivity index (χ1v) is 7.89. The second-order valence-electron chi connectivity index (χ2n) is 5.60. The van der Waals surface area contributed by atoms with Gasteiger partial charge in [-0.3, -0.25) is 9.59 Å². The summed E-state index contributed by atoms with van der Waals surface area (Å²) >= 11 is 0. The third-order valence-corrected chi connectivity index (χ3v) is 3.66. The van der Waals surface area contributed by atoms with E-state index in [-0.39, 0.29) is 23.0 Å². The molecule has 6 nitrogen and oxygen atoms in total. The van der Waals surface area contributed by atoms with Crippen molar-refractivity contribution in [3.8, 4) is 0 Å². The molecule has 0 radical (unpaired) electrons. The molecule has 1 amide bonds. The number of benzene rings is 2. The SMILES string of the molecule is CC(=O)c1ccc(NC(=O)c2cnc(Nc3c(F)cccc3F)nc2)cc1. The van der Waals surface area contributed by atoms with Gasteiger partial charge in [-0.05, 0) is 43.3 Å². The summed E-state index contributed by atoms with van der Waals surface area (Å²) in [5.41, 5.74) is 0.818. The highest BCUT2D eigenvalue weighted by Gasteiger charge is 2.12. The van der Waals surface area contributed by atoms with Crippen LogP contribution in [0.25, 0.3) is 0 Å². The lowest BCUT2D eigenvalue weighted by atomic mass is 10.1. The zero-order valence-electron chi connectivity index (χ0n) is 14.2. The Hall–Kier alpha value is -3.68. The van der Waals surface area contributed by atoms with Gasteiger partial charge in [0, 0.05) is 23.6 Å². The summed E-state index contributed by atoms with van der Waals surface area (Å²) in [4.78, 5) is 31.3. The Labute approximate surface area is 153 Å². The number of anilines is 3. The monoisotopic (exact) mass is 368 g/mol. The maximum absolute atomic E-state index is 13.6. The van der Waals surface area contributed by atoms with Crippen LogP contribution in [0.3, 0.4) is 0 Å². The number of aromatic nitrogens is 2. The van der Waals surface area contributed by atoms with Gasteiger partial charge in [0.15, 0.2) is 5.78 Å². The molecular formula is C19H14F2N4O2. The highest BCUT2D eigenvalue weighted by molar-refractivity contribution is 6.04. The van der Waals surface area contributed by atoms with Crippen LogP contribution in [0, 0.1) is 11.6 Å². The van der Waals surface area contributed by atoms with Crippen LogP contribution in [0.5, 0.6) is 0 Å². The van der Waals surface area contributed by atoms with Gasteiger partial charge in [0.1, 0.15) is 17.3 Å². The molecule has 0 aliphatic heterocycles. The quantitative estimate of drug-likeness (QED) is 0.666. The van der Waals surface area contributed by atoms with E-state index in [9.17, 15) is 18.4 Å². The van der Waals surface area contributed by atoms with E-state index in [0.29, 0.717) is 11.3 Å². The van der Waals surface area contributed by atoms with E-state index >= 15 is 0 Å². The smallest absolute Gasteiger partial charge is 0.258 e. The number of rotatable bonds is 5. The highest BCUT2D eigenvalue weighted by atomic mass is 19.1. The molecular weight excluding hydrogens is 354 g/mol. The Morgan fingerprint density at radius 1 is 0.889 bits per heavy atom. The van der Waals surface area contributed by atoms with Crippen LogP contribution in [-0.4, -0.2) is 21.7 Å². The van der Waals surface area contributed by atoms with Crippen LogP contribution >= 0.6 is 0 Å². The lowest BCUT2D eigenvalue weighted by molar-refractivity contribution is 0.101. The Morgan fingerprint density at radius 2 is 1.48 bits per heavy atom. The average Bonchev–Trinajstić information content (AvgIpc) is 2.66. The predicted molar refractivity (Wildman–Crippen MR) is 96.1 cm³/mol. The third kappa shape index (κ3) is 4.30. The van der Waals surface area contributed by atoms with Crippen LogP contribution in [0.2, 0.25) is 0 Å².